The Labute approximate surface area is 150 Å². The van der Waals surface area contributed by atoms with Crippen LogP contribution in [0, 0.1) is 6.92 Å². The second-order valence-corrected chi connectivity index (χ2v) is 6.29. The van der Waals surface area contributed by atoms with Crippen LogP contribution in [0.3, 0.4) is 0 Å². The zero-order chi connectivity index (χ0) is 17.2. The van der Waals surface area contributed by atoms with E-state index in [9.17, 15) is 0 Å². The average molecular weight is 347 g/mol. The molecule has 1 heterocycles. The average Bonchev–Trinajstić information content (AvgIpc) is 3.05. The Hall–Kier alpha value is -2.91. The summed E-state index contributed by atoms with van der Waals surface area (Å²) in [6.45, 7) is 2.05. The molecule has 4 aromatic rings. The molecular formula is C21H15ClN2O. The minimum Gasteiger partial charge on any atom is -0.436 e. The number of oxazole rings is 1. The lowest BCUT2D eigenvalue weighted by atomic mass is 10.1. The minimum atomic E-state index is 0.623. The predicted octanol–water partition coefficient (Wildman–Crippen LogP) is 6.21. The van der Waals surface area contributed by atoms with Crippen molar-refractivity contribution >= 4 is 34.6 Å². The van der Waals surface area contributed by atoms with Gasteiger partial charge in [-0.15, -0.1) is 0 Å². The van der Waals surface area contributed by atoms with E-state index in [1.165, 1.54) is 5.56 Å². The van der Waals surface area contributed by atoms with Gasteiger partial charge >= 0.3 is 0 Å². The van der Waals surface area contributed by atoms with Gasteiger partial charge in [0.25, 0.3) is 0 Å². The molecule has 0 radical (unpaired) electrons. The lowest BCUT2D eigenvalue weighted by molar-refractivity contribution is 0.620. The van der Waals surface area contributed by atoms with Crippen molar-refractivity contribution in [3.05, 3.63) is 82.9 Å². The molecular weight excluding hydrogens is 332 g/mol. The number of nitrogens with zero attached hydrogens (tertiary/aromatic N) is 2. The summed E-state index contributed by atoms with van der Waals surface area (Å²) in [6.07, 6.45) is 1.80. The number of aliphatic imine (C=N–C) groups is 1. The lowest BCUT2D eigenvalue weighted by Gasteiger charge is -1.96. The highest BCUT2D eigenvalue weighted by atomic mass is 35.5. The first-order valence-electron chi connectivity index (χ1n) is 7.95. The summed E-state index contributed by atoms with van der Waals surface area (Å²) in [5.41, 5.74) is 5.50. The Kier molecular flexibility index (Phi) is 4.08. The molecule has 3 aromatic carbocycles. The van der Waals surface area contributed by atoms with Gasteiger partial charge in [0.15, 0.2) is 5.58 Å². The fourth-order valence-corrected chi connectivity index (χ4v) is 2.72. The third kappa shape index (κ3) is 3.47. The van der Waals surface area contributed by atoms with Gasteiger partial charge in [0.1, 0.15) is 5.52 Å². The topological polar surface area (TPSA) is 38.4 Å². The Morgan fingerprint density at radius 3 is 2.64 bits per heavy atom. The summed E-state index contributed by atoms with van der Waals surface area (Å²) >= 11 is 5.89. The highest BCUT2D eigenvalue weighted by molar-refractivity contribution is 6.30. The molecule has 0 fully saturated rings. The van der Waals surface area contributed by atoms with Crippen molar-refractivity contribution in [1.29, 1.82) is 0 Å². The van der Waals surface area contributed by atoms with Crippen LogP contribution < -0.4 is 0 Å². The van der Waals surface area contributed by atoms with Gasteiger partial charge in [0, 0.05) is 22.9 Å². The first-order chi connectivity index (χ1) is 12.2. The van der Waals surface area contributed by atoms with Crippen LogP contribution in [0.5, 0.6) is 0 Å². The molecule has 4 heteroatoms. The first kappa shape index (κ1) is 15.6. The molecule has 0 bridgehead atoms. The van der Waals surface area contributed by atoms with E-state index in [0.717, 1.165) is 27.9 Å². The van der Waals surface area contributed by atoms with Crippen LogP contribution in [-0.4, -0.2) is 11.2 Å². The van der Waals surface area contributed by atoms with Crippen LogP contribution in [0.15, 0.2) is 76.1 Å². The zero-order valence-corrected chi connectivity index (χ0v) is 14.4. The second kappa shape index (κ2) is 6.54. The Morgan fingerprint density at radius 1 is 1.00 bits per heavy atom. The maximum absolute atomic E-state index is 5.92. The molecule has 0 atom stereocenters. The van der Waals surface area contributed by atoms with Gasteiger partial charge in [-0.25, -0.2) is 4.98 Å². The molecule has 0 aliphatic rings. The molecule has 0 N–H and O–H groups in total. The number of aromatic nitrogens is 1. The summed E-state index contributed by atoms with van der Waals surface area (Å²) in [6, 6.07) is 21.4. The Balaban J connectivity index is 1.65. The third-order valence-corrected chi connectivity index (χ3v) is 4.12. The van der Waals surface area contributed by atoms with Gasteiger partial charge in [-0.1, -0.05) is 41.4 Å². The molecule has 3 nitrogen and oxygen atoms in total. The maximum Gasteiger partial charge on any atom is 0.227 e. The number of fused-ring (bicyclic) bond motifs is 1. The van der Waals surface area contributed by atoms with Crippen molar-refractivity contribution in [3.63, 3.8) is 0 Å². The minimum absolute atomic E-state index is 0.623. The zero-order valence-electron chi connectivity index (χ0n) is 13.6. The van der Waals surface area contributed by atoms with Crippen LogP contribution >= 0.6 is 11.6 Å². The maximum atomic E-state index is 5.92. The second-order valence-electron chi connectivity index (χ2n) is 5.85. The van der Waals surface area contributed by atoms with Crippen molar-refractivity contribution < 1.29 is 4.42 Å². The Bertz CT molecular complexity index is 1060. The summed E-state index contributed by atoms with van der Waals surface area (Å²) in [4.78, 5) is 9.06. The van der Waals surface area contributed by atoms with E-state index in [1.54, 1.807) is 6.21 Å². The van der Waals surface area contributed by atoms with E-state index in [2.05, 4.69) is 29.0 Å². The number of hydrogen-bond donors (Lipinski definition) is 0. The van der Waals surface area contributed by atoms with Gasteiger partial charge in [0.05, 0.1) is 5.69 Å². The molecule has 0 aliphatic carbocycles. The normalized spacial score (nSPS) is 11.4. The van der Waals surface area contributed by atoms with E-state index < -0.39 is 0 Å². The summed E-state index contributed by atoms with van der Waals surface area (Å²) < 4.78 is 5.92. The quantitative estimate of drug-likeness (QED) is 0.414. The molecule has 4 rings (SSSR count). The van der Waals surface area contributed by atoms with E-state index in [0.29, 0.717) is 10.9 Å². The van der Waals surface area contributed by atoms with Crippen LogP contribution in [0.1, 0.15) is 11.1 Å². The molecule has 0 aliphatic heterocycles. The molecule has 122 valence electrons. The highest BCUT2D eigenvalue weighted by Gasteiger charge is 2.08. The van der Waals surface area contributed by atoms with Gasteiger partial charge in [-0.05, 0) is 48.9 Å². The number of rotatable bonds is 3. The molecule has 25 heavy (non-hydrogen) atoms. The summed E-state index contributed by atoms with van der Waals surface area (Å²) in [7, 11) is 0. The van der Waals surface area contributed by atoms with Crippen molar-refractivity contribution in [3.8, 4) is 11.5 Å². The number of halogens is 1. The van der Waals surface area contributed by atoms with Gasteiger partial charge < -0.3 is 4.42 Å². The van der Waals surface area contributed by atoms with E-state index in [-0.39, 0.29) is 0 Å². The van der Waals surface area contributed by atoms with Gasteiger partial charge in [0.2, 0.25) is 5.89 Å². The number of benzene rings is 3. The van der Waals surface area contributed by atoms with Gasteiger partial charge in [-0.2, -0.15) is 0 Å². The van der Waals surface area contributed by atoms with E-state index in [4.69, 9.17) is 16.0 Å². The fraction of sp³-hybridized carbons (Fsp3) is 0.0476. The summed E-state index contributed by atoms with van der Waals surface area (Å²) in [5, 5.41) is 0.712. The molecule has 0 amide bonds. The van der Waals surface area contributed by atoms with Crippen LogP contribution in [0.25, 0.3) is 22.6 Å². The monoisotopic (exact) mass is 346 g/mol. The lowest BCUT2D eigenvalue weighted by Crippen LogP contribution is -1.79. The fourth-order valence-electron chi connectivity index (χ4n) is 2.59. The summed E-state index contributed by atoms with van der Waals surface area (Å²) in [5.74, 6) is 0.623. The smallest absolute Gasteiger partial charge is 0.227 e. The SMILES string of the molecule is Cc1cccc(-c2nc3ccc(N=Cc4ccc(Cl)cc4)cc3o2)c1. The Morgan fingerprint density at radius 2 is 1.84 bits per heavy atom. The van der Waals surface area contributed by atoms with Crippen molar-refractivity contribution in [2.75, 3.05) is 0 Å². The third-order valence-electron chi connectivity index (χ3n) is 3.87. The first-order valence-corrected chi connectivity index (χ1v) is 8.32. The van der Waals surface area contributed by atoms with E-state index in [1.807, 2.05) is 54.6 Å². The predicted molar refractivity (Wildman–Crippen MR) is 103 cm³/mol. The van der Waals surface area contributed by atoms with Crippen LogP contribution in [0.2, 0.25) is 5.02 Å². The van der Waals surface area contributed by atoms with E-state index >= 15 is 0 Å². The van der Waals surface area contributed by atoms with Crippen LogP contribution in [-0.2, 0) is 0 Å². The molecule has 0 saturated heterocycles. The van der Waals surface area contributed by atoms with Crippen LogP contribution in [0.4, 0.5) is 5.69 Å². The largest absolute Gasteiger partial charge is 0.436 e. The van der Waals surface area contributed by atoms with Crippen molar-refractivity contribution in [1.82, 2.24) is 4.98 Å². The van der Waals surface area contributed by atoms with Crippen molar-refractivity contribution in [2.24, 2.45) is 4.99 Å². The highest BCUT2D eigenvalue weighted by Crippen LogP contribution is 2.27. The number of hydrogen-bond acceptors (Lipinski definition) is 3. The molecule has 0 unspecified atom stereocenters. The van der Waals surface area contributed by atoms with Crippen molar-refractivity contribution in [2.45, 2.75) is 6.92 Å². The molecule has 1 aromatic heterocycles. The molecule has 0 spiro atoms. The number of aryl methyl sites for hydroxylation is 1. The molecule has 0 saturated carbocycles. The standard InChI is InChI=1S/C21H15ClN2O/c1-14-3-2-4-16(11-14)21-24-19-10-9-18(12-20(19)25-21)23-13-15-5-7-17(22)8-6-15/h2-13H,1H3. The van der Waals surface area contributed by atoms with Gasteiger partial charge in [-0.3, -0.25) is 4.99 Å².